The summed E-state index contributed by atoms with van der Waals surface area (Å²) in [5.41, 5.74) is 2.58. The number of benzene rings is 2. The van der Waals surface area contributed by atoms with Crippen LogP contribution in [-0.2, 0) is 6.54 Å². The number of anilines is 3. The highest BCUT2D eigenvalue weighted by atomic mass is 19.1. The smallest absolute Gasteiger partial charge is 0.231 e. The molecule has 146 valence electrons. The number of ether oxygens (including phenoxy) is 2. The number of imidazole rings is 1. The summed E-state index contributed by atoms with van der Waals surface area (Å²) in [6.07, 6.45) is 1.73. The van der Waals surface area contributed by atoms with Gasteiger partial charge in [-0.15, -0.1) is 5.10 Å². The zero-order valence-corrected chi connectivity index (χ0v) is 15.7. The van der Waals surface area contributed by atoms with Crippen molar-refractivity contribution in [3.63, 3.8) is 0 Å². The lowest BCUT2D eigenvalue weighted by Crippen LogP contribution is -2.18. The van der Waals surface area contributed by atoms with Crippen molar-refractivity contribution < 1.29 is 13.9 Å². The number of hydrogen-bond acceptors (Lipinski definition) is 6. The van der Waals surface area contributed by atoms with Crippen molar-refractivity contribution in [1.29, 1.82) is 0 Å². The Morgan fingerprint density at radius 2 is 1.90 bits per heavy atom. The van der Waals surface area contributed by atoms with E-state index < -0.39 is 0 Å². The van der Waals surface area contributed by atoms with Crippen LogP contribution in [0.2, 0.25) is 0 Å². The quantitative estimate of drug-likeness (QED) is 0.555. The maximum absolute atomic E-state index is 13.1. The minimum atomic E-state index is -0.242. The number of halogens is 1. The van der Waals surface area contributed by atoms with E-state index in [0.717, 1.165) is 34.3 Å². The lowest BCUT2D eigenvalue weighted by molar-refractivity contribution is 0.174. The molecule has 5 rings (SSSR count). The zero-order chi connectivity index (χ0) is 19.8. The van der Waals surface area contributed by atoms with Gasteiger partial charge in [0.25, 0.3) is 0 Å². The number of nitrogens with one attached hydrogen (secondary N) is 1. The van der Waals surface area contributed by atoms with E-state index in [1.165, 1.54) is 12.1 Å². The highest BCUT2D eigenvalue weighted by Gasteiger charge is 2.14. The van der Waals surface area contributed by atoms with Crippen LogP contribution < -0.4 is 19.7 Å². The van der Waals surface area contributed by atoms with Crippen LogP contribution in [0.1, 0.15) is 5.56 Å². The van der Waals surface area contributed by atoms with Crippen LogP contribution in [0.15, 0.2) is 60.8 Å². The largest absolute Gasteiger partial charge is 0.454 e. The molecule has 0 fully saturated rings. The van der Waals surface area contributed by atoms with Gasteiger partial charge in [-0.3, -0.25) is 0 Å². The molecule has 0 spiro atoms. The summed E-state index contributed by atoms with van der Waals surface area (Å²) >= 11 is 0. The summed E-state index contributed by atoms with van der Waals surface area (Å²) in [4.78, 5) is 6.40. The first-order valence-corrected chi connectivity index (χ1v) is 9.13. The summed E-state index contributed by atoms with van der Waals surface area (Å²) in [5, 5.41) is 8.03. The van der Waals surface area contributed by atoms with Crippen LogP contribution in [0, 0.1) is 5.82 Å². The highest BCUT2D eigenvalue weighted by molar-refractivity contribution is 5.64. The molecular weight excluding hydrogens is 373 g/mol. The molecule has 2 aromatic heterocycles. The summed E-state index contributed by atoms with van der Waals surface area (Å²) in [5.74, 6) is 2.70. The van der Waals surface area contributed by atoms with E-state index in [-0.39, 0.29) is 12.6 Å². The Hall–Kier alpha value is -3.81. The van der Waals surface area contributed by atoms with Gasteiger partial charge in [-0.2, -0.15) is 4.52 Å². The van der Waals surface area contributed by atoms with E-state index in [2.05, 4.69) is 10.3 Å². The average Bonchev–Trinajstić information content (AvgIpc) is 3.36. The summed E-state index contributed by atoms with van der Waals surface area (Å²) in [7, 11) is 1.94. The molecule has 0 atom stereocenters. The molecule has 0 bridgehead atoms. The van der Waals surface area contributed by atoms with Crippen molar-refractivity contribution in [2.24, 2.45) is 0 Å². The third kappa shape index (κ3) is 3.40. The van der Waals surface area contributed by atoms with Gasteiger partial charge in [-0.25, -0.2) is 9.37 Å². The fraction of sp³-hybridized carbons (Fsp3) is 0.143. The van der Waals surface area contributed by atoms with Crippen molar-refractivity contribution in [1.82, 2.24) is 14.6 Å². The molecule has 2 aromatic carbocycles. The van der Waals surface area contributed by atoms with Crippen LogP contribution in [0.25, 0.3) is 5.65 Å². The molecule has 0 saturated heterocycles. The van der Waals surface area contributed by atoms with Gasteiger partial charge in [0.2, 0.25) is 6.79 Å². The summed E-state index contributed by atoms with van der Waals surface area (Å²) in [6.45, 7) is 0.845. The van der Waals surface area contributed by atoms with Gasteiger partial charge in [0.1, 0.15) is 11.6 Å². The van der Waals surface area contributed by atoms with Gasteiger partial charge in [-0.1, -0.05) is 12.1 Å². The molecule has 0 amide bonds. The van der Waals surface area contributed by atoms with E-state index in [1.54, 1.807) is 22.8 Å². The van der Waals surface area contributed by atoms with Crippen LogP contribution in [0.5, 0.6) is 11.5 Å². The normalized spacial score (nSPS) is 12.3. The molecule has 0 aliphatic carbocycles. The van der Waals surface area contributed by atoms with Crippen molar-refractivity contribution >= 4 is 23.0 Å². The molecule has 29 heavy (non-hydrogen) atoms. The van der Waals surface area contributed by atoms with Gasteiger partial charge in [0.15, 0.2) is 23.0 Å². The molecule has 1 aliphatic rings. The van der Waals surface area contributed by atoms with Crippen molar-refractivity contribution in [3.8, 4) is 11.5 Å². The fourth-order valence-corrected chi connectivity index (χ4v) is 3.22. The van der Waals surface area contributed by atoms with E-state index in [1.807, 2.05) is 42.3 Å². The molecule has 8 heteroatoms. The summed E-state index contributed by atoms with van der Waals surface area (Å²) < 4.78 is 25.7. The second-order valence-corrected chi connectivity index (χ2v) is 6.78. The number of rotatable bonds is 5. The van der Waals surface area contributed by atoms with Gasteiger partial charge in [0.05, 0.1) is 6.20 Å². The van der Waals surface area contributed by atoms with Crippen LogP contribution >= 0.6 is 0 Å². The number of fused-ring (bicyclic) bond motifs is 2. The Morgan fingerprint density at radius 1 is 1.07 bits per heavy atom. The Balaban J connectivity index is 1.40. The Kier molecular flexibility index (Phi) is 4.16. The van der Waals surface area contributed by atoms with Gasteiger partial charge in [0, 0.05) is 25.3 Å². The summed E-state index contributed by atoms with van der Waals surface area (Å²) in [6, 6.07) is 16.0. The molecule has 0 radical (unpaired) electrons. The molecule has 0 saturated carbocycles. The lowest BCUT2D eigenvalue weighted by Gasteiger charge is -2.18. The molecule has 4 aromatic rings. The predicted molar refractivity (Wildman–Crippen MR) is 107 cm³/mol. The minimum absolute atomic E-state index is 0.236. The maximum Gasteiger partial charge on any atom is 0.231 e. The van der Waals surface area contributed by atoms with Crippen molar-refractivity contribution in [2.75, 3.05) is 24.1 Å². The minimum Gasteiger partial charge on any atom is -0.454 e. The average molecular weight is 391 g/mol. The molecule has 3 heterocycles. The van der Waals surface area contributed by atoms with Crippen molar-refractivity contribution in [2.45, 2.75) is 6.54 Å². The second-order valence-electron chi connectivity index (χ2n) is 6.78. The predicted octanol–water partition coefficient (Wildman–Crippen LogP) is 3.98. The third-order valence-electron chi connectivity index (χ3n) is 4.72. The molecular formula is C21H18FN5O2. The Labute approximate surface area is 166 Å². The Bertz CT molecular complexity index is 1180. The van der Waals surface area contributed by atoms with Crippen LogP contribution in [-0.4, -0.2) is 28.4 Å². The maximum atomic E-state index is 13.1. The van der Waals surface area contributed by atoms with E-state index in [9.17, 15) is 4.39 Å². The number of nitrogens with zero attached hydrogens (tertiary/aromatic N) is 4. The lowest BCUT2D eigenvalue weighted by atomic mass is 10.2. The molecule has 1 N–H and O–H groups in total. The third-order valence-corrected chi connectivity index (χ3v) is 4.72. The van der Waals surface area contributed by atoms with Gasteiger partial charge < -0.3 is 19.7 Å². The first-order valence-electron chi connectivity index (χ1n) is 9.13. The number of hydrogen-bond donors (Lipinski definition) is 1. The molecule has 1 aliphatic heterocycles. The first kappa shape index (κ1) is 17.3. The van der Waals surface area contributed by atoms with Gasteiger partial charge in [-0.05, 0) is 42.0 Å². The topological polar surface area (TPSA) is 63.9 Å². The van der Waals surface area contributed by atoms with Crippen molar-refractivity contribution in [3.05, 3.63) is 72.2 Å². The molecule has 0 unspecified atom stereocenters. The first-order chi connectivity index (χ1) is 14.2. The fourth-order valence-electron chi connectivity index (χ4n) is 3.22. The van der Waals surface area contributed by atoms with Gasteiger partial charge >= 0.3 is 0 Å². The number of aromatic nitrogens is 3. The van der Waals surface area contributed by atoms with E-state index in [0.29, 0.717) is 12.3 Å². The van der Waals surface area contributed by atoms with Crippen LogP contribution in [0.4, 0.5) is 21.7 Å². The Morgan fingerprint density at radius 3 is 2.76 bits per heavy atom. The highest BCUT2D eigenvalue weighted by Crippen LogP contribution is 2.35. The zero-order valence-electron chi connectivity index (χ0n) is 15.7. The molecule has 7 nitrogen and oxygen atoms in total. The standard InChI is InChI=1S/C21H18FN5O2/c1-26(12-14-2-4-15(22)5-3-14)20-9-8-19-23-11-21(27(19)25-20)24-16-6-7-17-18(10-16)29-13-28-17/h2-11,24H,12-13H2,1H3. The monoisotopic (exact) mass is 391 g/mol. The SMILES string of the molecule is CN(Cc1ccc(F)cc1)c1ccc2ncc(Nc3ccc4c(c3)OCO4)n2n1. The second kappa shape index (κ2) is 6.97. The van der Waals surface area contributed by atoms with E-state index in [4.69, 9.17) is 14.6 Å². The van der Waals surface area contributed by atoms with Crippen LogP contribution in [0.3, 0.4) is 0 Å². The van der Waals surface area contributed by atoms with E-state index >= 15 is 0 Å².